The lowest BCUT2D eigenvalue weighted by atomic mass is 9.45. The summed E-state index contributed by atoms with van der Waals surface area (Å²) in [7, 11) is 0. The summed E-state index contributed by atoms with van der Waals surface area (Å²) in [5.41, 5.74) is 5.93. The number of fused-ring (bicyclic) bond motifs is 4. The second kappa shape index (κ2) is 8.87. The Morgan fingerprint density at radius 3 is 2.27 bits per heavy atom. The number of hydrogen-bond donors (Lipinski definition) is 0. The maximum atomic E-state index is 11.8. The Balaban J connectivity index is 1.58. The molecule has 33 heavy (non-hydrogen) atoms. The Kier molecular flexibility index (Phi) is 6.73. The topological polar surface area (TPSA) is 26.3 Å². The molecule has 0 bridgehead atoms. The van der Waals surface area contributed by atoms with Gasteiger partial charge in [-0.25, -0.2) is 0 Å². The van der Waals surface area contributed by atoms with Crippen LogP contribution in [0.15, 0.2) is 22.8 Å². The van der Waals surface area contributed by atoms with Crippen molar-refractivity contribution in [3.8, 4) is 0 Å². The lowest BCUT2D eigenvalue weighted by Crippen LogP contribution is -2.54. The first-order valence-corrected chi connectivity index (χ1v) is 13.9. The number of esters is 1. The summed E-state index contributed by atoms with van der Waals surface area (Å²) in [6, 6.07) is 0. The van der Waals surface area contributed by atoms with Crippen LogP contribution in [0.5, 0.6) is 0 Å². The third-order valence-electron chi connectivity index (χ3n) is 11.1. The van der Waals surface area contributed by atoms with E-state index in [2.05, 4.69) is 54.5 Å². The molecule has 4 aliphatic rings. The minimum atomic E-state index is -0.115. The monoisotopic (exact) mass is 454 g/mol. The Bertz CT molecular complexity index is 828. The van der Waals surface area contributed by atoms with Gasteiger partial charge in [-0.05, 0) is 113 Å². The van der Waals surface area contributed by atoms with E-state index in [1.54, 1.807) is 6.92 Å². The van der Waals surface area contributed by atoms with Gasteiger partial charge in [-0.3, -0.25) is 4.79 Å². The van der Waals surface area contributed by atoms with E-state index in [4.69, 9.17) is 4.74 Å². The van der Waals surface area contributed by atoms with Gasteiger partial charge in [-0.1, -0.05) is 57.4 Å². The van der Waals surface area contributed by atoms with E-state index >= 15 is 0 Å². The fraction of sp³-hybridized carbons (Fsp3) is 0.839. The Morgan fingerprint density at radius 2 is 1.61 bits per heavy atom. The van der Waals surface area contributed by atoms with Gasteiger partial charge in [0.1, 0.15) is 6.10 Å². The molecule has 0 aromatic heterocycles. The third-order valence-corrected chi connectivity index (χ3v) is 11.1. The van der Waals surface area contributed by atoms with Crippen molar-refractivity contribution in [3.05, 3.63) is 22.8 Å². The average Bonchev–Trinajstić information content (AvgIpc) is 3.07. The molecule has 4 aliphatic carbocycles. The number of rotatable bonds is 5. The predicted molar refractivity (Wildman–Crippen MR) is 138 cm³/mol. The van der Waals surface area contributed by atoms with Crippen molar-refractivity contribution in [3.63, 3.8) is 0 Å². The summed E-state index contributed by atoms with van der Waals surface area (Å²) in [4.78, 5) is 11.8. The molecule has 2 fully saturated rings. The zero-order chi connectivity index (χ0) is 24.2. The molecule has 7 atom stereocenters. The van der Waals surface area contributed by atoms with Gasteiger partial charge in [0.15, 0.2) is 0 Å². The maximum Gasteiger partial charge on any atom is 0.302 e. The van der Waals surface area contributed by atoms with Crippen molar-refractivity contribution in [2.45, 2.75) is 126 Å². The van der Waals surface area contributed by atoms with Crippen LogP contribution in [0, 0.1) is 39.9 Å². The van der Waals surface area contributed by atoms with Gasteiger partial charge in [0.2, 0.25) is 0 Å². The highest BCUT2D eigenvalue weighted by Crippen LogP contribution is 2.68. The second-order valence-corrected chi connectivity index (χ2v) is 13.5. The van der Waals surface area contributed by atoms with Gasteiger partial charge >= 0.3 is 5.97 Å². The normalized spacial score (nSPS) is 40.4. The van der Waals surface area contributed by atoms with E-state index in [1.165, 1.54) is 63.4 Å². The van der Waals surface area contributed by atoms with E-state index in [0.29, 0.717) is 11.3 Å². The standard InChI is InChI=1S/C31H50O2/c1-20(2)10-9-11-21(3)23-16-18-30(7)24(23)12-13-26-25(30)14-15-27-29(5,6)28(33-22(4)32)17-19-31(26,27)8/h10,21,23-24,27-28H,9,11-19H2,1-8H3/t21-,23-,24-,27+,28+,30-,31-/m1/s1. The fourth-order valence-electron chi connectivity index (χ4n) is 9.40. The van der Waals surface area contributed by atoms with E-state index in [9.17, 15) is 4.79 Å². The minimum Gasteiger partial charge on any atom is -0.462 e. The van der Waals surface area contributed by atoms with Crippen LogP contribution in [-0.4, -0.2) is 12.1 Å². The Labute approximate surface area is 204 Å². The van der Waals surface area contributed by atoms with Crippen molar-refractivity contribution in [1.82, 2.24) is 0 Å². The van der Waals surface area contributed by atoms with Crippen LogP contribution in [0.4, 0.5) is 0 Å². The van der Waals surface area contributed by atoms with Crippen LogP contribution in [0.25, 0.3) is 0 Å². The fourth-order valence-corrected chi connectivity index (χ4v) is 9.40. The number of ether oxygens (including phenoxy) is 1. The van der Waals surface area contributed by atoms with Gasteiger partial charge in [0, 0.05) is 12.3 Å². The highest BCUT2D eigenvalue weighted by molar-refractivity contribution is 5.66. The summed E-state index contributed by atoms with van der Waals surface area (Å²) in [5, 5.41) is 0. The summed E-state index contributed by atoms with van der Waals surface area (Å²) >= 11 is 0. The lowest BCUT2D eigenvalue weighted by Gasteiger charge is -2.60. The van der Waals surface area contributed by atoms with Gasteiger partial charge < -0.3 is 4.74 Å². The molecular formula is C31H50O2. The van der Waals surface area contributed by atoms with Crippen LogP contribution in [0.3, 0.4) is 0 Å². The molecule has 0 radical (unpaired) electrons. The summed E-state index contributed by atoms with van der Waals surface area (Å²) in [6.45, 7) is 18.5. The zero-order valence-electron chi connectivity index (χ0n) is 22.9. The zero-order valence-corrected chi connectivity index (χ0v) is 22.9. The molecule has 0 heterocycles. The van der Waals surface area contributed by atoms with Crippen LogP contribution >= 0.6 is 0 Å². The molecule has 0 N–H and O–H groups in total. The molecule has 0 aromatic rings. The summed E-state index contributed by atoms with van der Waals surface area (Å²) < 4.78 is 5.85. The van der Waals surface area contributed by atoms with Crippen LogP contribution in [0.2, 0.25) is 0 Å². The van der Waals surface area contributed by atoms with Crippen molar-refractivity contribution in [2.75, 3.05) is 0 Å². The highest BCUT2D eigenvalue weighted by atomic mass is 16.5. The number of allylic oxidation sites excluding steroid dienone is 4. The molecule has 0 aliphatic heterocycles. The van der Waals surface area contributed by atoms with E-state index in [1.807, 2.05) is 11.1 Å². The lowest BCUT2D eigenvalue weighted by molar-refractivity contribution is -0.167. The molecule has 2 saturated carbocycles. The summed E-state index contributed by atoms with van der Waals surface area (Å²) in [6.07, 6.45) is 15.4. The molecular weight excluding hydrogens is 404 g/mol. The molecule has 0 unspecified atom stereocenters. The number of hydrogen-bond acceptors (Lipinski definition) is 2. The molecule has 2 heteroatoms. The van der Waals surface area contributed by atoms with Crippen molar-refractivity contribution < 1.29 is 9.53 Å². The second-order valence-electron chi connectivity index (χ2n) is 13.5. The van der Waals surface area contributed by atoms with Crippen molar-refractivity contribution >= 4 is 5.97 Å². The number of carbonyl (C=O) groups excluding carboxylic acids is 1. The molecule has 0 spiro atoms. The molecule has 0 saturated heterocycles. The molecule has 2 nitrogen and oxygen atoms in total. The average molecular weight is 455 g/mol. The Morgan fingerprint density at radius 1 is 0.970 bits per heavy atom. The van der Waals surface area contributed by atoms with Crippen molar-refractivity contribution in [2.24, 2.45) is 39.9 Å². The van der Waals surface area contributed by atoms with E-state index < -0.39 is 0 Å². The number of carbonyl (C=O) groups is 1. The van der Waals surface area contributed by atoms with E-state index in [-0.39, 0.29) is 22.9 Å². The van der Waals surface area contributed by atoms with Gasteiger partial charge in [0.05, 0.1) is 0 Å². The minimum absolute atomic E-state index is 0.0482. The largest absolute Gasteiger partial charge is 0.462 e. The Hall–Kier alpha value is -1.05. The van der Waals surface area contributed by atoms with Crippen LogP contribution < -0.4 is 0 Å². The third kappa shape index (κ3) is 4.16. The van der Waals surface area contributed by atoms with Crippen LogP contribution in [-0.2, 0) is 9.53 Å². The van der Waals surface area contributed by atoms with E-state index in [0.717, 1.165) is 24.2 Å². The van der Waals surface area contributed by atoms with Gasteiger partial charge in [-0.15, -0.1) is 0 Å². The molecule has 186 valence electrons. The first-order chi connectivity index (χ1) is 15.4. The van der Waals surface area contributed by atoms with Crippen molar-refractivity contribution in [1.29, 1.82) is 0 Å². The molecule has 0 amide bonds. The summed E-state index contributed by atoms with van der Waals surface area (Å²) in [5.74, 6) is 3.11. The highest BCUT2D eigenvalue weighted by Gasteiger charge is 2.60. The predicted octanol–water partition coefficient (Wildman–Crippen LogP) is 8.66. The van der Waals surface area contributed by atoms with Gasteiger partial charge in [0.25, 0.3) is 0 Å². The molecule has 0 aromatic carbocycles. The smallest absolute Gasteiger partial charge is 0.302 e. The first-order valence-electron chi connectivity index (χ1n) is 13.9. The molecule has 4 rings (SSSR count). The van der Waals surface area contributed by atoms with Gasteiger partial charge in [-0.2, -0.15) is 0 Å². The SMILES string of the molecule is CC(=O)O[C@H]1CC[C@]2(C)C3=C(CC[C@H]2C1(C)C)[C@]1(C)CC[C@H]([C@H](C)CCC=C(C)C)[C@H]1CC3. The first kappa shape index (κ1) is 25.1. The maximum absolute atomic E-state index is 11.8. The quantitative estimate of drug-likeness (QED) is 0.307. The van der Waals surface area contributed by atoms with Crippen LogP contribution in [0.1, 0.15) is 120 Å².